The largest absolute Gasteiger partial charge is 0.503 e. The van der Waals surface area contributed by atoms with Gasteiger partial charge in [0.2, 0.25) is 0 Å². The average Bonchev–Trinajstić information content (AvgIpc) is 2.32. The zero-order valence-electron chi connectivity index (χ0n) is 11.1. The van der Waals surface area contributed by atoms with Crippen molar-refractivity contribution in [3.63, 3.8) is 0 Å². The first-order chi connectivity index (χ1) is 8.10. The van der Waals surface area contributed by atoms with Gasteiger partial charge in [-0.05, 0) is 32.4 Å². The van der Waals surface area contributed by atoms with E-state index in [9.17, 15) is 0 Å². The number of hydrogen-bond donors (Lipinski definition) is 3. The van der Waals surface area contributed by atoms with Gasteiger partial charge in [0, 0.05) is 32.9 Å². The van der Waals surface area contributed by atoms with E-state index in [1.807, 2.05) is 0 Å². The summed E-state index contributed by atoms with van der Waals surface area (Å²) >= 11 is 0. The summed E-state index contributed by atoms with van der Waals surface area (Å²) < 4.78 is 16.4. The summed E-state index contributed by atoms with van der Waals surface area (Å²) in [6, 6.07) is 0.0314. The molecule has 0 bridgehead atoms. The van der Waals surface area contributed by atoms with Gasteiger partial charge in [-0.1, -0.05) is 0 Å². The predicted octanol–water partition coefficient (Wildman–Crippen LogP) is -0.350. The van der Waals surface area contributed by atoms with Gasteiger partial charge in [-0.25, -0.2) is 0 Å². The molecule has 0 aromatic rings. The van der Waals surface area contributed by atoms with Crippen molar-refractivity contribution < 1.29 is 13.3 Å². The Balaban J connectivity index is 4.67. The van der Waals surface area contributed by atoms with E-state index in [0.717, 1.165) is 19.3 Å². The lowest BCUT2D eigenvalue weighted by molar-refractivity contribution is 0.107. The number of nitrogens with two attached hydrogens (primary N) is 3. The average molecular weight is 265 g/mol. The van der Waals surface area contributed by atoms with E-state index in [2.05, 4.69) is 0 Å². The van der Waals surface area contributed by atoms with E-state index in [1.54, 1.807) is 21.3 Å². The highest BCUT2D eigenvalue weighted by Crippen LogP contribution is 2.31. The third-order valence-corrected chi connectivity index (χ3v) is 6.22. The molecule has 6 nitrogen and oxygen atoms in total. The van der Waals surface area contributed by atoms with Crippen molar-refractivity contribution in [2.45, 2.75) is 30.8 Å². The van der Waals surface area contributed by atoms with Gasteiger partial charge in [-0.2, -0.15) is 0 Å². The molecule has 0 aliphatic carbocycles. The molecule has 2 atom stereocenters. The second kappa shape index (κ2) is 8.98. The monoisotopic (exact) mass is 265 g/mol. The number of hydrogen-bond acceptors (Lipinski definition) is 6. The second-order valence-corrected chi connectivity index (χ2v) is 7.31. The molecule has 0 saturated carbocycles. The Morgan fingerprint density at radius 1 is 0.941 bits per heavy atom. The standard InChI is InChI=1S/C10H27N3O3Si/c1-14-17(15-2,16-3)10(5-7-12)8-9(13)4-6-11/h9-10H,4-8,11-13H2,1-3H3. The highest BCUT2D eigenvalue weighted by atomic mass is 28.4. The van der Waals surface area contributed by atoms with Crippen molar-refractivity contribution in [3.8, 4) is 0 Å². The molecule has 0 aliphatic heterocycles. The fraction of sp³-hybridized carbons (Fsp3) is 1.00. The fourth-order valence-corrected chi connectivity index (χ4v) is 4.70. The van der Waals surface area contributed by atoms with E-state index in [-0.39, 0.29) is 11.6 Å². The molecule has 6 N–H and O–H groups in total. The van der Waals surface area contributed by atoms with Crippen LogP contribution in [0.4, 0.5) is 0 Å². The summed E-state index contributed by atoms with van der Waals surface area (Å²) in [6.45, 7) is 1.14. The van der Waals surface area contributed by atoms with Crippen LogP contribution in [0.2, 0.25) is 5.54 Å². The fourth-order valence-electron chi connectivity index (χ4n) is 2.09. The lowest BCUT2D eigenvalue weighted by Crippen LogP contribution is -2.49. The highest BCUT2D eigenvalue weighted by Gasteiger charge is 2.46. The van der Waals surface area contributed by atoms with Gasteiger partial charge in [-0.3, -0.25) is 0 Å². The summed E-state index contributed by atoms with van der Waals surface area (Å²) in [5.74, 6) is 0. The van der Waals surface area contributed by atoms with Crippen LogP contribution in [0, 0.1) is 0 Å². The summed E-state index contributed by atoms with van der Waals surface area (Å²) in [4.78, 5) is 0. The predicted molar refractivity (Wildman–Crippen MR) is 70.5 cm³/mol. The zero-order chi connectivity index (χ0) is 13.3. The van der Waals surface area contributed by atoms with Crippen molar-refractivity contribution >= 4 is 8.80 Å². The molecule has 0 aromatic heterocycles. The molecule has 0 fully saturated rings. The third-order valence-electron chi connectivity index (χ3n) is 2.99. The normalized spacial score (nSPS) is 15.9. The molecule has 0 aliphatic rings. The van der Waals surface area contributed by atoms with E-state index < -0.39 is 8.80 Å². The summed E-state index contributed by atoms with van der Waals surface area (Å²) in [6.07, 6.45) is 2.32. The van der Waals surface area contributed by atoms with Gasteiger partial charge in [0.1, 0.15) is 0 Å². The lowest BCUT2D eigenvalue weighted by Gasteiger charge is -2.33. The third kappa shape index (κ3) is 5.00. The van der Waals surface area contributed by atoms with Crippen LogP contribution in [0.15, 0.2) is 0 Å². The molecule has 0 heterocycles. The minimum Gasteiger partial charge on any atom is -0.377 e. The van der Waals surface area contributed by atoms with Crippen LogP contribution in [0.25, 0.3) is 0 Å². The number of rotatable bonds is 10. The van der Waals surface area contributed by atoms with E-state index in [1.165, 1.54) is 0 Å². The van der Waals surface area contributed by atoms with Crippen molar-refractivity contribution in [2.24, 2.45) is 17.2 Å². The summed E-state index contributed by atoms with van der Waals surface area (Å²) in [5.41, 5.74) is 17.3. The van der Waals surface area contributed by atoms with E-state index in [4.69, 9.17) is 30.5 Å². The quantitative estimate of drug-likeness (QED) is 0.466. The molecule has 17 heavy (non-hydrogen) atoms. The maximum Gasteiger partial charge on any atom is 0.503 e. The van der Waals surface area contributed by atoms with Crippen molar-refractivity contribution in [2.75, 3.05) is 34.4 Å². The van der Waals surface area contributed by atoms with Gasteiger partial charge in [0.25, 0.3) is 0 Å². The zero-order valence-corrected chi connectivity index (χ0v) is 12.1. The van der Waals surface area contributed by atoms with Crippen molar-refractivity contribution in [1.29, 1.82) is 0 Å². The Morgan fingerprint density at radius 3 is 1.76 bits per heavy atom. The van der Waals surface area contributed by atoms with Gasteiger partial charge >= 0.3 is 8.80 Å². The van der Waals surface area contributed by atoms with Crippen molar-refractivity contribution in [3.05, 3.63) is 0 Å². The molecule has 0 aromatic carbocycles. The van der Waals surface area contributed by atoms with Crippen LogP contribution in [0.5, 0.6) is 0 Å². The minimum atomic E-state index is -2.66. The second-order valence-electron chi connectivity index (χ2n) is 4.06. The first-order valence-corrected chi connectivity index (χ1v) is 7.71. The molecule has 0 radical (unpaired) electrons. The Kier molecular flexibility index (Phi) is 8.97. The Labute approximate surface area is 105 Å². The summed E-state index contributed by atoms with van der Waals surface area (Å²) in [5, 5.41) is 0. The molecule has 0 amide bonds. The topological polar surface area (TPSA) is 106 Å². The van der Waals surface area contributed by atoms with Gasteiger partial charge in [-0.15, -0.1) is 0 Å². The van der Waals surface area contributed by atoms with Gasteiger partial charge < -0.3 is 30.5 Å². The van der Waals surface area contributed by atoms with Crippen LogP contribution in [-0.2, 0) is 13.3 Å². The molecule has 7 heteroatoms. The molecule has 0 spiro atoms. The van der Waals surface area contributed by atoms with E-state index in [0.29, 0.717) is 13.1 Å². The van der Waals surface area contributed by atoms with Crippen LogP contribution in [-0.4, -0.2) is 49.3 Å². The molecule has 0 saturated heterocycles. The van der Waals surface area contributed by atoms with Gasteiger partial charge in [0.05, 0.1) is 0 Å². The Bertz CT molecular complexity index is 185. The maximum absolute atomic E-state index is 6.01. The molecule has 0 rings (SSSR count). The van der Waals surface area contributed by atoms with Crippen LogP contribution >= 0.6 is 0 Å². The Morgan fingerprint density at radius 2 is 1.41 bits per heavy atom. The minimum absolute atomic E-state index is 0.0314. The van der Waals surface area contributed by atoms with Crippen molar-refractivity contribution in [1.82, 2.24) is 0 Å². The lowest BCUT2D eigenvalue weighted by atomic mass is 10.1. The maximum atomic E-state index is 6.01. The SMILES string of the molecule is CO[Si](OC)(OC)C(CCN)CC(N)CCN. The van der Waals surface area contributed by atoms with Gasteiger partial charge in [0.15, 0.2) is 0 Å². The molecular weight excluding hydrogens is 238 g/mol. The highest BCUT2D eigenvalue weighted by molar-refractivity contribution is 6.62. The Hall–Kier alpha value is -0.0231. The first-order valence-electron chi connectivity index (χ1n) is 5.91. The first kappa shape index (κ1) is 17.0. The van der Waals surface area contributed by atoms with Crippen LogP contribution in [0.3, 0.4) is 0 Å². The molecular formula is C10H27N3O3Si. The molecule has 2 unspecified atom stereocenters. The van der Waals surface area contributed by atoms with E-state index >= 15 is 0 Å². The molecule has 104 valence electrons. The summed E-state index contributed by atoms with van der Waals surface area (Å²) in [7, 11) is 2.16. The van der Waals surface area contributed by atoms with Crippen LogP contribution < -0.4 is 17.2 Å². The smallest absolute Gasteiger partial charge is 0.377 e. The van der Waals surface area contributed by atoms with Crippen LogP contribution in [0.1, 0.15) is 19.3 Å².